The Labute approximate surface area is 113 Å². The Bertz CT molecular complexity index is 678. The molecule has 96 valence electrons. The SMILES string of the molecule is CN(C)c1ccc(Cc2c[nH]c3ccccc23)cc1. The predicted molar refractivity (Wildman–Crippen MR) is 81.9 cm³/mol. The van der Waals surface area contributed by atoms with E-state index in [2.05, 4.69) is 78.7 Å². The van der Waals surface area contributed by atoms with Crippen LogP contribution >= 0.6 is 0 Å². The number of nitrogens with zero attached hydrogens (tertiary/aromatic N) is 1. The van der Waals surface area contributed by atoms with Gasteiger partial charge in [-0.1, -0.05) is 30.3 Å². The second-order valence-corrected chi connectivity index (χ2v) is 5.10. The zero-order valence-electron chi connectivity index (χ0n) is 11.4. The lowest BCUT2D eigenvalue weighted by atomic mass is 10.0. The predicted octanol–water partition coefficient (Wildman–Crippen LogP) is 3.82. The number of aromatic amines is 1. The first-order valence-electron chi connectivity index (χ1n) is 6.55. The van der Waals surface area contributed by atoms with Crippen molar-refractivity contribution in [2.45, 2.75) is 6.42 Å². The van der Waals surface area contributed by atoms with Crippen LogP contribution in [0.15, 0.2) is 54.7 Å². The van der Waals surface area contributed by atoms with Gasteiger partial charge in [0.15, 0.2) is 0 Å². The van der Waals surface area contributed by atoms with E-state index in [0.717, 1.165) is 6.42 Å². The summed E-state index contributed by atoms with van der Waals surface area (Å²) in [6.45, 7) is 0. The first-order valence-corrected chi connectivity index (χ1v) is 6.55. The summed E-state index contributed by atoms with van der Waals surface area (Å²) in [6.07, 6.45) is 3.09. The molecule has 0 fully saturated rings. The molecule has 3 aromatic rings. The third-order valence-electron chi connectivity index (χ3n) is 3.52. The molecule has 19 heavy (non-hydrogen) atoms. The number of aromatic nitrogens is 1. The minimum Gasteiger partial charge on any atom is -0.378 e. The summed E-state index contributed by atoms with van der Waals surface area (Å²) in [7, 11) is 4.13. The van der Waals surface area contributed by atoms with Crippen molar-refractivity contribution in [2.75, 3.05) is 19.0 Å². The Morgan fingerprint density at radius 3 is 2.42 bits per heavy atom. The Balaban J connectivity index is 1.88. The molecule has 0 saturated heterocycles. The standard InChI is InChI=1S/C17H18N2/c1-19(2)15-9-7-13(8-10-15)11-14-12-18-17-6-4-3-5-16(14)17/h3-10,12,18H,11H2,1-2H3. The summed E-state index contributed by atoms with van der Waals surface area (Å²) >= 11 is 0. The van der Waals surface area contributed by atoms with Gasteiger partial charge in [-0.2, -0.15) is 0 Å². The van der Waals surface area contributed by atoms with Gasteiger partial charge in [-0.25, -0.2) is 0 Å². The van der Waals surface area contributed by atoms with E-state index in [4.69, 9.17) is 0 Å². The van der Waals surface area contributed by atoms with Gasteiger partial charge in [0.1, 0.15) is 0 Å². The van der Waals surface area contributed by atoms with E-state index >= 15 is 0 Å². The van der Waals surface area contributed by atoms with E-state index < -0.39 is 0 Å². The second kappa shape index (κ2) is 4.81. The third kappa shape index (κ3) is 2.34. The Kier molecular flexibility index (Phi) is 3.00. The zero-order chi connectivity index (χ0) is 13.2. The fourth-order valence-corrected chi connectivity index (χ4v) is 2.41. The molecular weight excluding hydrogens is 232 g/mol. The average molecular weight is 250 g/mol. The van der Waals surface area contributed by atoms with Gasteiger partial charge >= 0.3 is 0 Å². The molecule has 0 amide bonds. The summed E-state index contributed by atoms with van der Waals surface area (Å²) in [5, 5.41) is 1.32. The molecular formula is C17H18N2. The third-order valence-corrected chi connectivity index (χ3v) is 3.52. The van der Waals surface area contributed by atoms with E-state index in [1.165, 1.54) is 27.7 Å². The second-order valence-electron chi connectivity index (χ2n) is 5.10. The molecule has 0 atom stereocenters. The molecule has 1 heterocycles. The maximum atomic E-state index is 3.33. The molecule has 0 unspecified atom stereocenters. The monoisotopic (exact) mass is 250 g/mol. The van der Waals surface area contributed by atoms with Crippen LogP contribution in [0.2, 0.25) is 0 Å². The van der Waals surface area contributed by atoms with Crippen LogP contribution in [0, 0.1) is 0 Å². The van der Waals surface area contributed by atoms with Crippen LogP contribution in [0.5, 0.6) is 0 Å². The topological polar surface area (TPSA) is 19.0 Å². The van der Waals surface area contributed by atoms with Gasteiger partial charge in [0, 0.05) is 36.9 Å². The lowest BCUT2D eigenvalue weighted by Gasteiger charge is -2.12. The number of H-pyrrole nitrogens is 1. The van der Waals surface area contributed by atoms with Crippen molar-refractivity contribution in [1.29, 1.82) is 0 Å². The summed E-state index contributed by atoms with van der Waals surface area (Å²) in [4.78, 5) is 5.45. The highest BCUT2D eigenvalue weighted by molar-refractivity contribution is 5.83. The van der Waals surface area contributed by atoms with Crippen molar-refractivity contribution in [3.63, 3.8) is 0 Å². The van der Waals surface area contributed by atoms with Crippen LogP contribution in [0.25, 0.3) is 10.9 Å². The number of benzene rings is 2. The van der Waals surface area contributed by atoms with Crippen molar-refractivity contribution in [2.24, 2.45) is 0 Å². The van der Waals surface area contributed by atoms with Crippen LogP contribution in [0.1, 0.15) is 11.1 Å². The maximum Gasteiger partial charge on any atom is 0.0456 e. The van der Waals surface area contributed by atoms with Gasteiger partial charge in [0.05, 0.1) is 0 Å². The fourth-order valence-electron chi connectivity index (χ4n) is 2.41. The van der Waals surface area contributed by atoms with E-state index in [1.807, 2.05) is 0 Å². The lowest BCUT2D eigenvalue weighted by molar-refractivity contribution is 1.12. The minimum atomic E-state index is 0.970. The Hall–Kier alpha value is -2.22. The molecule has 2 heteroatoms. The first kappa shape index (κ1) is 11.8. The Morgan fingerprint density at radius 2 is 1.68 bits per heavy atom. The van der Waals surface area contributed by atoms with Crippen LogP contribution in [-0.2, 0) is 6.42 Å². The number of anilines is 1. The molecule has 0 aliphatic carbocycles. The van der Waals surface area contributed by atoms with Crippen molar-refractivity contribution in [3.8, 4) is 0 Å². The van der Waals surface area contributed by atoms with Gasteiger partial charge in [0.25, 0.3) is 0 Å². The lowest BCUT2D eigenvalue weighted by Crippen LogP contribution is -2.08. The molecule has 1 aromatic heterocycles. The Morgan fingerprint density at radius 1 is 0.947 bits per heavy atom. The largest absolute Gasteiger partial charge is 0.378 e. The van der Waals surface area contributed by atoms with Crippen molar-refractivity contribution >= 4 is 16.6 Å². The van der Waals surface area contributed by atoms with Crippen molar-refractivity contribution in [1.82, 2.24) is 4.98 Å². The summed E-state index contributed by atoms with van der Waals surface area (Å²) in [5.74, 6) is 0. The van der Waals surface area contributed by atoms with Gasteiger partial charge in [-0.15, -0.1) is 0 Å². The normalized spacial score (nSPS) is 10.8. The van der Waals surface area contributed by atoms with Crippen LogP contribution in [0.4, 0.5) is 5.69 Å². The highest BCUT2D eigenvalue weighted by atomic mass is 15.1. The summed E-state index contributed by atoms with van der Waals surface area (Å²) < 4.78 is 0. The molecule has 2 nitrogen and oxygen atoms in total. The van der Waals surface area contributed by atoms with Crippen LogP contribution in [0.3, 0.4) is 0 Å². The van der Waals surface area contributed by atoms with Crippen LogP contribution < -0.4 is 4.90 Å². The van der Waals surface area contributed by atoms with E-state index in [-0.39, 0.29) is 0 Å². The fraction of sp³-hybridized carbons (Fsp3) is 0.176. The molecule has 0 radical (unpaired) electrons. The van der Waals surface area contributed by atoms with Crippen molar-refractivity contribution in [3.05, 3.63) is 65.9 Å². The van der Waals surface area contributed by atoms with Gasteiger partial charge in [-0.05, 0) is 35.7 Å². The number of fused-ring (bicyclic) bond motifs is 1. The van der Waals surface area contributed by atoms with Gasteiger partial charge in [0.2, 0.25) is 0 Å². The molecule has 0 bridgehead atoms. The molecule has 0 saturated carbocycles. The summed E-state index contributed by atoms with van der Waals surface area (Å²) in [5.41, 5.74) is 5.15. The van der Waals surface area contributed by atoms with Gasteiger partial charge < -0.3 is 9.88 Å². The number of hydrogen-bond donors (Lipinski definition) is 1. The molecule has 1 N–H and O–H groups in total. The molecule has 3 rings (SSSR count). The summed E-state index contributed by atoms with van der Waals surface area (Å²) in [6, 6.07) is 17.2. The number of nitrogens with one attached hydrogen (secondary N) is 1. The molecule has 0 aliphatic rings. The highest BCUT2D eigenvalue weighted by Crippen LogP contribution is 2.21. The maximum absolute atomic E-state index is 3.33. The van der Waals surface area contributed by atoms with E-state index in [0.29, 0.717) is 0 Å². The first-order chi connectivity index (χ1) is 9.24. The van der Waals surface area contributed by atoms with E-state index in [9.17, 15) is 0 Å². The van der Waals surface area contributed by atoms with Crippen LogP contribution in [-0.4, -0.2) is 19.1 Å². The quantitative estimate of drug-likeness (QED) is 0.748. The molecule has 0 spiro atoms. The van der Waals surface area contributed by atoms with Gasteiger partial charge in [-0.3, -0.25) is 0 Å². The number of hydrogen-bond acceptors (Lipinski definition) is 1. The number of rotatable bonds is 3. The average Bonchev–Trinajstić information content (AvgIpc) is 2.83. The smallest absolute Gasteiger partial charge is 0.0456 e. The highest BCUT2D eigenvalue weighted by Gasteiger charge is 2.04. The zero-order valence-corrected chi connectivity index (χ0v) is 11.4. The number of para-hydroxylation sites is 1. The van der Waals surface area contributed by atoms with E-state index in [1.54, 1.807) is 0 Å². The molecule has 0 aliphatic heterocycles. The molecule has 2 aromatic carbocycles. The minimum absolute atomic E-state index is 0.970. The van der Waals surface area contributed by atoms with Crippen molar-refractivity contribution < 1.29 is 0 Å².